The average Bonchev–Trinajstić information content (AvgIpc) is 2.81. The lowest BCUT2D eigenvalue weighted by molar-refractivity contribution is -0.139. The van der Waals surface area contributed by atoms with Gasteiger partial charge in [-0.2, -0.15) is 5.10 Å². The molecule has 1 saturated heterocycles. The van der Waals surface area contributed by atoms with Crippen molar-refractivity contribution in [2.24, 2.45) is 5.73 Å². The number of nitrogens with zero attached hydrogens (tertiary/aromatic N) is 3. The summed E-state index contributed by atoms with van der Waals surface area (Å²) in [6.45, 7) is 5.17. The largest absolute Gasteiger partial charge is 0.373 e. The number of morpholine rings is 1. The zero-order chi connectivity index (χ0) is 13.7. The van der Waals surface area contributed by atoms with Gasteiger partial charge in [0.05, 0.1) is 25.5 Å². The predicted molar refractivity (Wildman–Crippen MR) is 71.6 cm³/mol. The summed E-state index contributed by atoms with van der Waals surface area (Å²) >= 11 is 0. The molecule has 1 unspecified atom stereocenters. The topological polar surface area (TPSA) is 73.4 Å². The van der Waals surface area contributed by atoms with Crippen LogP contribution in [0.15, 0.2) is 12.4 Å². The lowest BCUT2D eigenvalue weighted by atomic mass is 10.2. The lowest BCUT2D eigenvalue weighted by Gasteiger charge is -2.33. The number of ether oxygens (including phenoxy) is 1. The van der Waals surface area contributed by atoms with Gasteiger partial charge < -0.3 is 15.4 Å². The van der Waals surface area contributed by atoms with Crippen LogP contribution in [-0.4, -0.2) is 52.9 Å². The van der Waals surface area contributed by atoms with Crippen LogP contribution in [0.1, 0.15) is 18.4 Å². The van der Waals surface area contributed by atoms with Gasteiger partial charge in [0.25, 0.3) is 0 Å². The van der Waals surface area contributed by atoms with Crippen molar-refractivity contribution < 1.29 is 9.53 Å². The molecule has 0 bridgehead atoms. The zero-order valence-electron chi connectivity index (χ0n) is 11.4. The second kappa shape index (κ2) is 6.68. The van der Waals surface area contributed by atoms with E-state index in [2.05, 4.69) is 5.10 Å². The predicted octanol–water partition coefficient (Wildman–Crippen LogP) is 0.158. The van der Waals surface area contributed by atoms with Crippen molar-refractivity contribution in [1.82, 2.24) is 14.7 Å². The Hall–Kier alpha value is -1.40. The highest BCUT2D eigenvalue weighted by molar-refractivity contribution is 5.76. The van der Waals surface area contributed by atoms with Crippen LogP contribution in [0, 0.1) is 6.92 Å². The van der Waals surface area contributed by atoms with Gasteiger partial charge in [0.1, 0.15) is 0 Å². The number of aromatic nitrogens is 2. The van der Waals surface area contributed by atoms with Crippen molar-refractivity contribution in [3.8, 4) is 0 Å². The van der Waals surface area contributed by atoms with Gasteiger partial charge in [-0.3, -0.25) is 9.48 Å². The summed E-state index contributed by atoms with van der Waals surface area (Å²) in [6, 6.07) is 0. The van der Waals surface area contributed by atoms with Gasteiger partial charge in [0.2, 0.25) is 5.91 Å². The van der Waals surface area contributed by atoms with E-state index in [4.69, 9.17) is 10.5 Å². The first-order chi connectivity index (χ1) is 9.19. The molecule has 1 aliphatic heterocycles. The van der Waals surface area contributed by atoms with Crippen LogP contribution in [0.4, 0.5) is 0 Å². The molecule has 2 N–H and O–H groups in total. The van der Waals surface area contributed by atoms with Crippen molar-refractivity contribution in [3.05, 3.63) is 18.0 Å². The van der Waals surface area contributed by atoms with E-state index < -0.39 is 0 Å². The van der Waals surface area contributed by atoms with Crippen molar-refractivity contribution >= 4 is 5.91 Å². The minimum atomic E-state index is 0.0230. The fourth-order valence-electron chi connectivity index (χ4n) is 2.24. The van der Waals surface area contributed by atoms with Crippen LogP contribution >= 0.6 is 0 Å². The molecule has 6 nitrogen and oxygen atoms in total. The number of carbonyl (C=O) groups excluding carboxylic acids is 1. The summed E-state index contributed by atoms with van der Waals surface area (Å²) in [6.07, 6.45) is 5.12. The molecule has 2 heterocycles. The Bertz CT molecular complexity index is 419. The SMILES string of the molecule is Cc1cnn(CC2CN(C(=O)CCCN)CCO2)c1. The average molecular weight is 266 g/mol. The molecule has 0 aliphatic carbocycles. The van der Waals surface area contributed by atoms with Gasteiger partial charge in [0, 0.05) is 25.7 Å². The fourth-order valence-corrected chi connectivity index (χ4v) is 2.24. The molecule has 19 heavy (non-hydrogen) atoms. The molecule has 0 saturated carbocycles. The summed E-state index contributed by atoms with van der Waals surface area (Å²) in [5.41, 5.74) is 6.56. The summed E-state index contributed by atoms with van der Waals surface area (Å²) in [7, 11) is 0. The molecule has 1 fully saturated rings. The van der Waals surface area contributed by atoms with Gasteiger partial charge >= 0.3 is 0 Å². The molecule has 1 aliphatic rings. The molecule has 0 radical (unpaired) electrons. The molecule has 2 rings (SSSR count). The van der Waals surface area contributed by atoms with E-state index in [0.29, 0.717) is 39.2 Å². The number of amides is 1. The van der Waals surface area contributed by atoms with Crippen LogP contribution in [0.3, 0.4) is 0 Å². The number of hydrogen-bond acceptors (Lipinski definition) is 4. The third-order valence-electron chi connectivity index (χ3n) is 3.24. The Labute approximate surface area is 113 Å². The van der Waals surface area contributed by atoms with Gasteiger partial charge in [-0.25, -0.2) is 0 Å². The summed E-state index contributed by atoms with van der Waals surface area (Å²) in [5.74, 6) is 0.176. The molecule has 1 atom stereocenters. The third-order valence-corrected chi connectivity index (χ3v) is 3.24. The molecule has 1 aromatic heterocycles. The molecule has 106 valence electrons. The first-order valence-electron chi connectivity index (χ1n) is 6.77. The summed E-state index contributed by atoms with van der Waals surface area (Å²) < 4.78 is 7.57. The second-order valence-electron chi connectivity index (χ2n) is 4.96. The van der Waals surface area contributed by atoms with Gasteiger partial charge in [-0.15, -0.1) is 0 Å². The number of rotatable bonds is 5. The Morgan fingerprint density at radius 3 is 3.16 bits per heavy atom. The van der Waals surface area contributed by atoms with Crippen molar-refractivity contribution in [2.45, 2.75) is 32.4 Å². The molecule has 1 aromatic rings. The number of aryl methyl sites for hydroxylation is 1. The summed E-state index contributed by atoms with van der Waals surface area (Å²) in [4.78, 5) is 13.8. The Kier molecular flexibility index (Phi) is 4.93. The standard InChI is InChI=1S/C13H22N4O2/c1-11-7-15-17(8-11)10-12-9-16(5-6-19-12)13(18)3-2-4-14/h7-8,12H,2-6,9-10,14H2,1H3. The maximum absolute atomic E-state index is 12.0. The minimum Gasteiger partial charge on any atom is -0.373 e. The van der Waals surface area contributed by atoms with Crippen LogP contribution in [0.25, 0.3) is 0 Å². The highest BCUT2D eigenvalue weighted by Crippen LogP contribution is 2.10. The summed E-state index contributed by atoms with van der Waals surface area (Å²) in [5, 5.41) is 4.25. The van der Waals surface area contributed by atoms with Crippen LogP contribution < -0.4 is 5.73 Å². The first-order valence-corrected chi connectivity index (χ1v) is 6.77. The monoisotopic (exact) mass is 266 g/mol. The van der Waals surface area contributed by atoms with E-state index in [1.807, 2.05) is 28.9 Å². The van der Waals surface area contributed by atoms with Crippen molar-refractivity contribution in [2.75, 3.05) is 26.2 Å². The minimum absolute atomic E-state index is 0.0230. The molecular weight excluding hydrogens is 244 g/mol. The molecule has 1 amide bonds. The fraction of sp³-hybridized carbons (Fsp3) is 0.692. The van der Waals surface area contributed by atoms with Gasteiger partial charge in [0.15, 0.2) is 0 Å². The highest BCUT2D eigenvalue weighted by Gasteiger charge is 2.24. The van der Waals surface area contributed by atoms with Crippen LogP contribution in [-0.2, 0) is 16.1 Å². The number of nitrogens with two attached hydrogens (primary N) is 1. The maximum atomic E-state index is 12.0. The Morgan fingerprint density at radius 1 is 1.63 bits per heavy atom. The zero-order valence-corrected chi connectivity index (χ0v) is 11.4. The Morgan fingerprint density at radius 2 is 2.47 bits per heavy atom. The smallest absolute Gasteiger partial charge is 0.222 e. The number of carbonyl (C=O) groups is 1. The van der Waals surface area contributed by atoms with Crippen LogP contribution in [0.5, 0.6) is 0 Å². The third kappa shape index (κ3) is 4.04. The normalized spacial score (nSPS) is 19.7. The maximum Gasteiger partial charge on any atom is 0.222 e. The van der Waals surface area contributed by atoms with E-state index in [0.717, 1.165) is 12.0 Å². The first kappa shape index (κ1) is 14.0. The van der Waals surface area contributed by atoms with Gasteiger partial charge in [-0.1, -0.05) is 0 Å². The molecular formula is C13H22N4O2. The van der Waals surface area contributed by atoms with E-state index in [1.165, 1.54) is 0 Å². The molecule has 0 aromatic carbocycles. The van der Waals surface area contributed by atoms with E-state index in [-0.39, 0.29) is 12.0 Å². The van der Waals surface area contributed by atoms with E-state index >= 15 is 0 Å². The van der Waals surface area contributed by atoms with Crippen molar-refractivity contribution in [3.63, 3.8) is 0 Å². The van der Waals surface area contributed by atoms with E-state index in [1.54, 1.807) is 0 Å². The van der Waals surface area contributed by atoms with Crippen LogP contribution in [0.2, 0.25) is 0 Å². The van der Waals surface area contributed by atoms with E-state index in [9.17, 15) is 4.79 Å². The quantitative estimate of drug-likeness (QED) is 0.824. The number of hydrogen-bond donors (Lipinski definition) is 1. The molecule has 0 spiro atoms. The highest BCUT2D eigenvalue weighted by atomic mass is 16.5. The Balaban J connectivity index is 1.84. The lowest BCUT2D eigenvalue weighted by Crippen LogP contribution is -2.47. The molecule has 6 heteroatoms. The van der Waals surface area contributed by atoms with Gasteiger partial charge in [-0.05, 0) is 25.5 Å². The van der Waals surface area contributed by atoms with Crippen molar-refractivity contribution in [1.29, 1.82) is 0 Å². The second-order valence-corrected chi connectivity index (χ2v) is 4.96.